The molecule has 0 bridgehead atoms. The van der Waals surface area contributed by atoms with Crippen LogP contribution in [0.2, 0.25) is 5.02 Å². The van der Waals surface area contributed by atoms with Gasteiger partial charge in [0.25, 0.3) is 5.91 Å². The van der Waals surface area contributed by atoms with E-state index in [0.717, 1.165) is 6.42 Å². The van der Waals surface area contributed by atoms with E-state index in [4.69, 9.17) is 17.3 Å². The summed E-state index contributed by atoms with van der Waals surface area (Å²) in [7, 11) is 0. The highest BCUT2D eigenvalue weighted by Gasteiger charge is 2.41. The van der Waals surface area contributed by atoms with Crippen molar-refractivity contribution in [3.63, 3.8) is 0 Å². The summed E-state index contributed by atoms with van der Waals surface area (Å²) in [5.74, 6) is -1.72. The maximum Gasteiger partial charge on any atom is 0.269 e. The summed E-state index contributed by atoms with van der Waals surface area (Å²) >= 11 is 5.78. The minimum absolute atomic E-state index is 0.0212. The molecule has 0 radical (unpaired) electrons. The molecule has 0 spiro atoms. The van der Waals surface area contributed by atoms with Gasteiger partial charge >= 0.3 is 0 Å². The van der Waals surface area contributed by atoms with Gasteiger partial charge in [0.05, 0.1) is 17.1 Å². The first-order chi connectivity index (χ1) is 15.8. The van der Waals surface area contributed by atoms with E-state index in [1.54, 1.807) is 30.3 Å². The van der Waals surface area contributed by atoms with Crippen molar-refractivity contribution in [1.82, 2.24) is 20.0 Å². The van der Waals surface area contributed by atoms with Crippen LogP contribution in [0.1, 0.15) is 29.4 Å². The number of fused-ring (bicyclic) bond motifs is 1. The second kappa shape index (κ2) is 9.19. The summed E-state index contributed by atoms with van der Waals surface area (Å²) in [5.41, 5.74) is 6.38. The molecule has 33 heavy (non-hydrogen) atoms. The van der Waals surface area contributed by atoms with Crippen LogP contribution >= 0.6 is 11.6 Å². The molecule has 1 aliphatic carbocycles. The number of nitrogens with zero attached hydrogens (tertiary/aromatic N) is 3. The molecule has 2 aromatic carbocycles. The zero-order valence-corrected chi connectivity index (χ0v) is 18.7. The highest BCUT2D eigenvalue weighted by molar-refractivity contribution is 6.30. The number of nitrogens with one attached hydrogen (secondary N) is 1. The molecule has 1 aromatic heterocycles. The molecule has 1 aliphatic rings. The van der Waals surface area contributed by atoms with E-state index in [2.05, 4.69) is 10.4 Å². The number of amides is 3. The molecule has 1 saturated carbocycles. The fourth-order valence-corrected chi connectivity index (χ4v) is 4.06. The Hall–Kier alpha value is -3.46. The first-order valence-electron chi connectivity index (χ1n) is 10.5. The lowest BCUT2D eigenvalue weighted by atomic mass is 10.2. The predicted octanol–water partition coefficient (Wildman–Crippen LogP) is 2.48. The third-order valence-electron chi connectivity index (χ3n) is 5.79. The van der Waals surface area contributed by atoms with Crippen molar-refractivity contribution in [3.8, 4) is 0 Å². The highest BCUT2D eigenvalue weighted by Crippen LogP contribution is 2.35. The molecule has 1 fully saturated rings. The van der Waals surface area contributed by atoms with E-state index >= 15 is 0 Å². The van der Waals surface area contributed by atoms with Gasteiger partial charge in [-0.1, -0.05) is 48.9 Å². The second-order valence-electron chi connectivity index (χ2n) is 8.18. The molecule has 2 atom stereocenters. The summed E-state index contributed by atoms with van der Waals surface area (Å²) < 4.78 is 15.5. The zero-order chi connectivity index (χ0) is 23.7. The van der Waals surface area contributed by atoms with Crippen molar-refractivity contribution >= 4 is 40.2 Å². The van der Waals surface area contributed by atoms with Crippen molar-refractivity contribution in [1.29, 1.82) is 0 Å². The molecule has 3 amide bonds. The normalized spacial score (nSPS) is 17.1. The Morgan fingerprint density at radius 2 is 1.97 bits per heavy atom. The Labute approximate surface area is 194 Å². The van der Waals surface area contributed by atoms with E-state index in [-0.39, 0.29) is 53.8 Å². The van der Waals surface area contributed by atoms with Gasteiger partial charge in [-0.15, -0.1) is 0 Å². The monoisotopic (exact) mass is 471 g/mol. The number of para-hydroxylation sites is 1. The van der Waals surface area contributed by atoms with Crippen LogP contribution in [-0.4, -0.2) is 45.0 Å². The van der Waals surface area contributed by atoms with Gasteiger partial charge in [-0.05, 0) is 24.5 Å². The number of carbonyl (C=O) groups excluding carboxylic acids is 3. The zero-order valence-electron chi connectivity index (χ0n) is 17.9. The first kappa shape index (κ1) is 22.7. The Bertz CT molecular complexity index is 1240. The van der Waals surface area contributed by atoms with Crippen LogP contribution in [0.25, 0.3) is 10.9 Å². The van der Waals surface area contributed by atoms with Crippen LogP contribution in [0.5, 0.6) is 0 Å². The number of primary amides is 1. The fraction of sp³-hybridized carbons (Fsp3) is 0.304. The summed E-state index contributed by atoms with van der Waals surface area (Å²) in [6.07, 6.45) is 0.786. The lowest BCUT2D eigenvalue weighted by Gasteiger charge is -2.23. The topological polar surface area (TPSA) is 110 Å². The van der Waals surface area contributed by atoms with Crippen LogP contribution < -0.4 is 11.1 Å². The van der Waals surface area contributed by atoms with Gasteiger partial charge in [0.15, 0.2) is 5.69 Å². The number of hydrogen-bond donors (Lipinski definition) is 2. The van der Waals surface area contributed by atoms with Crippen LogP contribution in [-0.2, 0) is 22.7 Å². The molecule has 3 N–H and O–H groups in total. The molecule has 1 heterocycles. The highest BCUT2D eigenvalue weighted by atomic mass is 35.5. The SMILES string of the molecule is CC1CC1N(CC(=O)NCc1cccc(Cl)c1F)C(=O)Cn1nc(C(N)=O)c2ccccc21. The van der Waals surface area contributed by atoms with Gasteiger partial charge in [-0.25, -0.2) is 4.39 Å². The summed E-state index contributed by atoms with van der Waals surface area (Å²) in [6.45, 7) is 1.64. The van der Waals surface area contributed by atoms with E-state index in [9.17, 15) is 18.8 Å². The molecule has 0 aliphatic heterocycles. The van der Waals surface area contributed by atoms with Gasteiger partial charge in [-0.2, -0.15) is 5.10 Å². The molecular weight excluding hydrogens is 449 g/mol. The van der Waals surface area contributed by atoms with Gasteiger partial charge in [0.1, 0.15) is 12.4 Å². The Kier molecular flexibility index (Phi) is 6.33. The molecule has 3 aromatic rings. The molecular formula is C23H23ClFN5O3. The number of aromatic nitrogens is 2. The van der Waals surface area contributed by atoms with Crippen molar-refractivity contribution in [2.24, 2.45) is 11.7 Å². The van der Waals surface area contributed by atoms with Crippen molar-refractivity contribution in [3.05, 3.63) is 64.6 Å². The smallest absolute Gasteiger partial charge is 0.269 e. The number of carbonyl (C=O) groups is 3. The summed E-state index contributed by atoms with van der Waals surface area (Å²) in [6, 6.07) is 11.5. The number of halogens is 2. The average Bonchev–Trinajstić information content (AvgIpc) is 3.39. The van der Waals surface area contributed by atoms with Crippen LogP contribution in [0, 0.1) is 11.7 Å². The number of benzene rings is 2. The van der Waals surface area contributed by atoms with Crippen molar-refractivity contribution in [2.45, 2.75) is 32.5 Å². The van der Waals surface area contributed by atoms with Gasteiger partial charge in [0.2, 0.25) is 11.8 Å². The molecule has 2 unspecified atom stereocenters. The fourth-order valence-electron chi connectivity index (χ4n) is 3.87. The van der Waals surface area contributed by atoms with Crippen molar-refractivity contribution in [2.75, 3.05) is 6.54 Å². The molecule has 10 heteroatoms. The number of rotatable bonds is 8. The number of hydrogen-bond acceptors (Lipinski definition) is 4. The Balaban J connectivity index is 1.47. The summed E-state index contributed by atoms with van der Waals surface area (Å²) in [5, 5.41) is 7.41. The third kappa shape index (κ3) is 4.83. The maximum absolute atomic E-state index is 14.1. The largest absolute Gasteiger partial charge is 0.364 e. The van der Waals surface area contributed by atoms with E-state index in [1.165, 1.54) is 21.7 Å². The van der Waals surface area contributed by atoms with E-state index in [1.807, 2.05) is 6.92 Å². The maximum atomic E-state index is 14.1. The minimum Gasteiger partial charge on any atom is -0.364 e. The van der Waals surface area contributed by atoms with Crippen LogP contribution in [0.3, 0.4) is 0 Å². The minimum atomic E-state index is -0.683. The van der Waals surface area contributed by atoms with Gasteiger partial charge in [0, 0.05) is 23.5 Å². The third-order valence-corrected chi connectivity index (χ3v) is 6.08. The quantitative estimate of drug-likeness (QED) is 0.525. The molecule has 8 nitrogen and oxygen atoms in total. The summed E-state index contributed by atoms with van der Waals surface area (Å²) in [4.78, 5) is 39.0. The van der Waals surface area contributed by atoms with Gasteiger partial charge in [-0.3, -0.25) is 19.1 Å². The Morgan fingerprint density at radius 3 is 2.67 bits per heavy atom. The predicted molar refractivity (Wildman–Crippen MR) is 121 cm³/mol. The Morgan fingerprint density at radius 1 is 1.24 bits per heavy atom. The molecule has 4 rings (SSSR count). The first-order valence-corrected chi connectivity index (χ1v) is 10.9. The van der Waals surface area contributed by atoms with Gasteiger partial charge < -0.3 is 16.0 Å². The van der Waals surface area contributed by atoms with Crippen molar-refractivity contribution < 1.29 is 18.8 Å². The molecule has 0 saturated heterocycles. The van der Waals surface area contributed by atoms with E-state index in [0.29, 0.717) is 10.9 Å². The number of nitrogens with two attached hydrogens (primary N) is 1. The second-order valence-corrected chi connectivity index (χ2v) is 8.59. The van der Waals surface area contributed by atoms with Crippen LogP contribution in [0.15, 0.2) is 42.5 Å². The standard InChI is InChI=1S/C23H23ClFN5O3/c1-13-9-18(13)29(11-19(31)27-10-14-5-4-7-16(24)21(14)25)20(32)12-30-17-8-3-2-6-15(17)22(28-30)23(26)33/h2-8,13,18H,9-12H2,1H3,(H2,26,33)(H,27,31). The van der Waals surface area contributed by atoms with E-state index < -0.39 is 17.6 Å². The lowest BCUT2D eigenvalue weighted by Crippen LogP contribution is -2.43. The average molecular weight is 472 g/mol. The molecule has 172 valence electrons. The van der Waals surface area contributed by atoms with Crippen LogP contribution in [0.4, 0.5) is 4.39 Å². The lowest BCUT2D eigenvalue weighted by molar-refractivity contribution is -0.137.